The van der Waals surface area contributed by atoms with Crippen LogP contribution in [0.15, 0.2) is 72.9 Å². The van der Waals surface area contributed by atoms with Crippen LogP contribution in [0.2, 0.25) is 0 Å². The number of benzene rings is 3. The van der Waals surface area contributed by atoms with Crippen LogP contribution in [0.1, 0.15) is 33.4 Å². The van der Waals surface area contributed by atoms with Gasteiger partial charge in [-0.2, -0.15) is 0 Å². The molecule has 5 rings (SSSR count). The summed E-state index contributed by atoms with van der Waals surface area (Å²) in [5.74, 6) is 0.157. The number of carbonyl (C=O) groups is 2. The number of aryl methyl sites for hydroxylation is 1. The molecule has 2 atom stereocenters. The number of methoxy groups -OCH3 is 2. The van der Waals surface area contributed by atoms with Gasteiger partial charge in [0, 0.05) is 48.4 Å². The number of nitrogens with zero attached hydrogens (tertiary/aromatic N) is 2. The van der Waals surface area contributed by atoms with Crippen molar-refractivity contribution < 1.29 is 19.1 Å². The van der Waals surface area contributed by atoms with Crippen molar-refractivity contribution in [1.82, 2.24) is 9.47 Å². The number of amides is 2. The van der Waals surface area contributed by atoms with Crippen molar-refractivity contribution in [2.75, 3.05) is 26.6 Å². The summed E-state index contributed by atoms with van der Waals surface area (Å²) < 4.78 is 12.8. The summed E-state index contributed by atoms with van der Waals surface area (Å²) in [4.78, 5) is 29.1. The molecule has 0 fully saturated rings. The Bertz CT molecular complexity index is 1440. The second-order valence-corrected chi connectivity index (χ2v) is 8.69. The summed E-state index contributed by atoms with van der Waals surface area (Å²) in [6, 6.07) is 20.1. The maximum atomic E-state index is 14.0. The lowest BCUT2D eigenvalue weighted by Gasteiger charge is -2.39. The predicted octanol–water partition coefficient (Wildman–Crippen LogP) is 4.74. The fourth-order valence-corrected chi connectivity index (χ4v) is 5.07. The van der Waals surface area contributed by atoms with E-state index in [0.29, 0.717) is 28.3 Å². The van der Waals surface area contributed by atoms with Crippen LogP contribution in [-0.2, 0) is 11.8 Å². The highest BCUT2D eigenvalue weighted by Gasteiger charge is 2.43. The summed E-state index contributed by atoms with van der Waals surface area (Å²) in [5, 5.41) is 4.06. The van der Waals surface area contributed by atoms with E-state index < -0.39 is 12.0 Å². The van der Waals surface area contributed by atoms with Crippen molar-refractivity contribution >= 4 is 28.4 Å². The van der Waals surface area contributed by atoms with E-state index in [9.17, 15) is 9.59 Å². The van der Waals surface area contributed by atoms with Gasteiger partial charge in [-0.3, -0.25) is 9.59 Å². The first-order chi connectivity index (χ1) is 16.9. The van der Waals surface area contributed by atoms with Gasteiger partial charge in [0.1, 0.15) is 11.5 Å². The fraction of sp³-hybridized carbons (Fsp3) is 0.214. The number of para-hydroxylation sites is 1. The number of likely N-dealkylation sites (N-methyl/N-ethyl adjacent to an activating group) is 1. The van der Waals surface area contributed by atoms with Gasteiger partial charge in [-0.25, -0.2) is 0 Å². The molecule has 1 aliphatic rings. The third kappa shape index (κ3) is 3.69. The summed E-state index contributed by atoms with van der Waals surface area (Å²) >= 11 is 0. The Labute approximate surface area is 203 Å². The normalized spacial score (nSPS) is 17.3. The minimum Gasteiger partial charge on any atom is -0.497 e. The summed E-state index contributed by atoms with van der Waals surface area (Å²) in [6.07, 6.45) is 2.02. The number of carbonyl (C=O) groups excluding carboxylic acids is 2. The van der Waals surface area contributed by atoms with Gasteiger partial charge in [-0.1, -0.05) is 36.4 Å². The molecule has 7 nitrogen and oxygen atoms in total. The highest BCUT2D eigenvalue weighted by molar-refractivity contribution is 6.05. The number of fused-ring (bicyclic) bond motifs is 2. The molecule has 178 valence electrons. The Morgan fingerprint density at radius 1 is 0.914 bits per heavy atom. The van der Waals surface area contributed by atoms with E-state index in [4.69, 9.17) is 9.47 Å². The molecule has 7 heteroatoms. The van der Waals surface area contributed by atoms with Gasteiger partial charge >= 0.3 is 0 Å². The number of rotatable bonds is 5. The second kappa shape index (κ2) is 8.83. The van der Waals surface area contributed by atoms with Crippen molar-refractivity contribution in [1.29, 1.82) is 0 Å². The van der Waals surface area contributed by atoms with Crippen LogP contribution in [0.25, 0.3) is 10.9 Å². The Morgan fingerprint density at radius 3 is 2.43 bits per heavy atom. The largest absolute Gasteiger partial charge is 0.497 e. The summed E-state index contributed by atoms with van der Waals surface area (Å²) in [6.45, 7) is 0. The topological polar surface area (TPSA) is 72.8 Å². The molecule has 0 unspecified atom stereocenters. The van der Waals surface area contributed by atoms with Crippen LogP contribution in [-0.4, -0.2) is 42.5 Å². The van der Waals surface area contributed by atoms with Crippen LogP contribution >= 0.6 is 0 Å². The third-order valence-electron chi connectivity index (χ3n) is 6.78. The molecule has 0 aliphatic carbocycles. The zero-order chi connectivity index (χ0) is 24.7. The maximum Gasteiger partial charge on any atom is 0.254 e. The molecule has 2 amide bonds. The van der Waals surface area contributed by atoms with Crippen molar-refractivity contribution in [2.24, 2.45) is 7.05 Å². The van der Waals surface area contributed by atoms with E-state index in [0.717, 1.165) is 16.5 Å². The highest BCUT2D eigenvalue weighted by Crippen LogP contribution is 2.45. The molecule has 0 saturated heterocycles. The molecule has 0 saturated carbocycles. The number of aromatic nitrogens is 1. The first-order valence-corrected chi connectivity index (χ1v) is 11.4. The standard InChI is InChI=1S/C28H27N3O4/c1-30-16-21(18-9-7-8-12-23(18)30)26-25(19-10-5-6-11-20(19)28(33)31(26)2)27(32)29-22-14-13-17(34-3)15-24(22)35-4/h5-16,25-26H,1-4H3,(H,29,32)/t25-,26-/m0/s1. The first-order valence-electron chi connectivity index (χ1n) is 11.4. The quantitative estimate of drug-likeness (QED) is 0.458. The van der Waals surface area contributed by atoms with Crippen LogP contribution in [0.4, 0.5) is 5.69 Å². The van der Waals surface area contributed by atoms with E-state index in [2.05, 4.69) is 5.32 Å². The van der Waals surface area contributed by atoms with Crippen molar-refractivity contribution in [3.05, 3.63) is 89.6 Å². The van der Waals surface area contributed by atoms with Gasteiger partial charge in [-0.05, 0) is 29.8 Å². The van der Waals surface area contributed by atoms with E-state index in [1.165, 1.54) is 0 Å². The second-order valence-electron chi connectivity index (χ2n) is 8.69. The Hall–Kier alpha value is -4.26. The van der Waals surface area contributed by atoms with Gasteiger partial charge in [0.25, 0.3) is 5.91 Å². The van der Waals surface area contributed by atoms with Crippen LogP contribution in [0, 0.1) is 0 Å². The zero-order valence-corrected chi connectivity index (χ0v) is 20.1. The lowest BCUT2D eigenvalue weighted by molar-refractivity contribution is -0.119. The van der Waals surface area contributed by atoms with E-state index in [1.54, 1.807) is 50.4 Å². The molecular weight excluding hydrogens is 442 g/mol. The van der Waals surface area contributed by atoms with Crippen LogP contribution in [0.3, 0.4) is 0 Å². The number of hydrogen-bond donors (Lipinski definition) is 1. The molecule has 0 radical (unpaired) electrons. The minimum atomic E-state index is -0.633. The zero-order valence-electron chi connectivity index (χ0n) is 20.1. The van der Waals surface area contributed by atoms with Gasteiger partial charge < -0.3 is 24.3 Å². The molecule has 3 aromatic carbocycles. The molecule has 2 heterocycles. The molecular formula is C28H27N3O4. The van der Waals surface area contributed by atoms with E-state index >= 15 is 0 Å². The van der Waals surface area contributed by atoms with Crippen molar-refractivity contribution in [3.63, 3.8) is 0 Å². The molecule has 1 N–H and O–H groups in total. The highest BCUT2D eigenvalue weighted by atomic mass is 16.5. The fourth-order valence-electron chi connectivity index (χ4n) is 5.07. The van der Waals surface area contributed by atoms with Gasteiger partial charge in [0.05, 0.1) is 31.9 Å². The van der Waals surface area contributed by atoms with Gasteiger partial charge in [0.15, 0.2) is 0 Å². The maximum absolute atomic E-state index is 14.0. The average Bonchev–Trinajstić information content (AvgIpc) is 3.22. The molecule has 0 bridgehead atoms. The smallest absolute Gasteiger partial charge is 0.254 e. The van der Waals surface area contributed by atoms with E-state index in [-0.39, 0.29) is 11.8 Å². The number of nitrogens with one attached hydrogen (secondary N) is 1. The van der Waals surface area contributed by atoms with Crippen LogP contribution in [0.5, 0.6) is 11.5 Å². The van der Waals surface area contributed by atoms with E-state index in [1.807, 2.05) is 60.3 Å². The summed E-state index contributed by atoms with van der Waals surface area (Å²) in [7, 11) is 6.86. The monoisotopic (exact) mass is 469 g/mol. The Kier molecular flexibility index (Phi) is 5.68. The molecule has 35 heavy (non-hydrogen) atoms. The third-order valence-corrected chi connectivity index (χ3v) is 6.78. The SMILES string of the molecule is COc1ccc(NC(=O)[C@H]2c3ccccc3C(=O)N(C)[C@H]2c2cn(C)c3ccccc23)c(OC)c1. The summed E-state index contributed by atoms with van der Waals surface area (Å²) in [5.41, 5.74) is 3.74. The number of anilines is 1. The Morgan fingerprint density at radius 2 is 1.66 bits per heavy atom. The minimum absolute atomic E-state index is 0.107. The number of ether oxygens (including phenoxy) is 2. The lowest BCUT2D eigenvalue weighted by atomic mass is 9.79. The molecule has 1 aromatic heterocycles. The Balaban J connectivity index is 1.65. The molecule has 0 spiro atoms. The number of hydrogen-bond acceptors (Lipinski definition) is 4. The van der Waals surface area contributed by atoms with Crippen molar-refractivity contribution in [3.8, 4) is 11.5 Å². The average molecular weight is 470 g/mol. The first kappa shape index (κ1) is 22.5. The van der Waals surface area contributed by atoms with Crippen molar-refractivity contribution in [2.45, 2.75) is 12.0 Å². The molecule has 4 aromatic rings. The lowest BCUT2D eigenvalue weighted by Crippen LogP contribution is -2.44. The molecule has 1 aliphatic heterocycles. The predicted molar refractivity (Wildman–Crippen MR) is 135 cm³/mol. The van der Waals surface area contributed by atoms with Gasteiger partial charge in [0.2, 0.25) is 5.91 Å². The van der Waals surface area contributed by atoms with Gasteiger partial charge in [-0.15, -0.1) is 0 Å². The van der Waals surface area contributed by atoms with Crippen LogP contribution < -0.4 is 14.8 Å².